The van der Waals surface area contributed by atoms with Gasteiger partial charge in [-0.1, -0.05) is 15.9 Å². The normalized spacial score (nSPS) is 69.0. The molecule has 0 spiro atoms. The van der Waals surface area contributed by atoms with E-state index in [4.69, 9.17) is 0 Å². The number of aliphatic hydroxyl groups excluding tert-OH is 1. The molecular formula is C8H11BrO. The SMILES string of the molecule is OC1C2CC3C1C3C2CBr. The monoisotopic (exact) mass is 202 g/mol. The highest BCUT2D eigenvalue weighted by Gasteiger charge is 2.72. The number of hydrogen-bond acceptors (Lipinski definition) is 1. The van der Waals surface area contributed by atoms with E-state index in [1.807, 2.05) is 0 Å². The Kier molecular flexibility index (Phi) is 0.968. The summed E-state index contributed by atoms with van der Waals surface area (Å²) in [6.45, 7) is 0. The van der Waals surface area contributed by atoms with Crippen LogP contribution in [-0.4, -0.2) is 16.5 Å². The molecule has 1 nitrogen and oxygen atoms in total. The Hall–Kier alpha value is 0.440. The molecule has 4 aliphatic carbocycles. The van der Waals surface area contributed by atoms with Crippen LogP contribution in [0.5, 0.6) is 0 Å². The molecule has 4 bridgehead atoms. The van der Waals surface area contributed by atoms with Crippen molar-refractivity contribution in [3.05, 3.63) is 0 Å². The van der Waals surface area contributed by atoms with Crippen LogP contribution in [0.2, 0.25) is 0 Å². The molecule has 4 saturated carbocycles. The van der Waals surface area contributed by atoms with Gasteiger partial charge in [-0.3, -0.25) is 0 Å². The van der Waals surface area contributed by atoms with Gasteiger partial charge in [0.2, 0.25) is 0 Å². The van der Waals surface area contributed by atoms with E-state index < -0.39 is 0 Å². The molecule has 2 heteroatoms. The van der Waals surface area contributed by atoms with Gasteiger partial charge < -0.3 is 5.11 Å². The van der Waals surface area contributed by atoms with Crippen molar-refractivity contribution in [2.75, 3.05) is 5.33 Å². The number of hydrogen-bond donors (Lipinski definition) is 1. The van der Waals surface area contributed by atoms with Gasteiger partial charge in [0.05, 0.1) is 6.10 Å². The summed E-state index contributed by atoms with van der Waals surface area (Å²) in [5, 5.41) is 10.7. The van der Waals surface area contributed by atoms with Crippen molar-refractivity contribution in [2.45, 2.75) is 12.5 Å². The van der Waals surface area contributed by atoms with Gasteiger partial charge in [0.1, 0.15) is 0 Å². The Morgan fingerprint density at radius 1 is 1.30 bits per heavy atom. The lowest BCUT2D eigenvalue weighted by Crippen LogP contribution is -2.16. The molecule has 0 saturated heterocycles. The van der Waals surface area contributed by atoms with Crippen LogP contribution in [-0.2, 0) is 0 Å². The molecular weight excluding hydrogens is 192 g/mol. The largest absolute Gasteiger partial charge is 0.393 e. The minimum Gasteiger partial charge on any atom is -0.393 e. The Balaban J connectivity index is 1.95. The fourth-order valence-electron chi connectivity index (χ4n) is 3.50. The lowest BCUT2D eigenvalue weighted by atomic mass is 9.99. The van der Waals surface area contributed by atoms with E-state index in [-0.39, 0.29) is 6.10 Å². The van der Waals surface area contributed by atoms with E-state index in [2.05, 4.69) is 15.9 Å². The number of rotatable bonds is 1. The second-order valence-electron chi connectivity index (χ2n) is 4.03. The second-order valence-corrected chi connectivity index (χ2v) is 4.67. The standard InChI is InChI=1S/C8H11BrO/c9-2-5-3-1-4-6(5)7(4)8(3)10/h3-8,10H,1-2H2. The molecule has 6 unspecified atom stereocenters. The lowest BCUT2D eigenvalue weighted by Gasteiger charge is -2.13. The molecule has 10 heavy (non-hydrogen) atoms. The first kappa shape index (κ1) is 6.01. The molecule has 4 fully saturated rings. The van der Waals surface area contributed by atoms with Gasteiger partial charge >= 0.3 is 0 Å². The van der Waals surface area contributed by atoms with Gasteiger partial charge in [-0.25, -0.2) is 0 Å². The van der Waals surface area contributed by atoms with Gasteiger partial charge in [0.15, 0.2) is 0 Å². The van der Waals surface area contributed by atoms with Gasteiger partial charge in [0.25, 0.3) is 0 Å². The maximum Gasteiger partial charge on any atom is 0.0605 e. The Morgan fingerprint density at radius 2 is 2.10 bits per heavy atom. The zero-order valence-corrected chi connectivity index (χ0v) is 7.29. The minimum absolute atomic E-state index is 0.0811. The summed E-state index contributed by atoms with van der Waals surface area (Å²) in [7, 11) is 0. The topological polar surface area (TPSA) is 20.2 Å². The van der Waals surface area contributed by atoms with Crippen LogP contribution in [0.15, 0.2) is 0 Å². The number of aliphatic hydroxyl groups is 1. The molecule has 0 aromatic carbocycles. The van der Waals surface area contributed by atoms with Crippen molar-refractivity contribution in [3.63, 3.8) is 0 Å². The van der Waals surface area contributed by atoms with Gasteiger partial charge in [0, 0.05) is 5.33 Å². The van der Waals surface area contributed by atoms with Crippen molar-refractivity contribution < 1.29 is 5.11 Å². The molecule has 4 rings (SSSR count). The van der Waals surface area contributed by atoms with Crippen molar-refractivity contribution >= 4 is 15.9 Å². The molecule has 1 N–H and O–H groups in total. The van der Waals surface area contributed by atoms with E-state index in [1.54, 1.807) is 0 Å². The van der Waals surface area contributed by atoms with E-state index in [9.17, 15) is 5.11 Å². The average Bonchev–Trinajstić information content (AvgIpc) is 2.29. The second kappa shape index (κ2) is 1.61. The fraction of sp³-hybridized carbons (Fsp3) is 1.00. The fourth-order valence-corrected chi connectivity index (χ4v) is 4.41. The molecule has 0 amide bonds. The number of halogens is 1. The molecule has 6 atom stereocenters. The lowest BCUT2D eigenvalue weighted by molar-refractivity contribution is 0.125. The first-order chi connectivity index (χ1) is 4.84. The highest BCUT2D eigenvalue weighted by atomic mass is 79.9. The highest BCUT2D eigenvalue weighted by Crippen LogP contribution is 2.73. The van der Waals surface area contributed by atoms with Crippen LogP contribution in [0, 0.1) is 29.6 Å². The van der Waals surface area contributed by atoms with Crippen LogP contribution in [0.1, 0.15) is 6.42 Å². The van der Waals surface area contributed by atoms with E-state index in [0.717, 1.165) is 29.0 Å². The van der Waals surface area contributed by atoms with Crippen LogP contribution < -0.4 is 0 Å². The summed E-state index contributed by atoms with van der Waals surface area (Å²) in [4.78, 5) is 0. The van der Waals surface area contributed by atoms with E-state index in [0.29, 0.717) is 5.92 Å². The summed E-state index contributed by atoms with van der Waals surface area (Å²) in [5.74, 6) is 4.07. The maximum atomic E-state index is 9.63. The predicted molar refractivity (Wildman–Crippen MR) is 41.9 cm³/mol. The molecule has 0 aromatic heterocycles. The predicted octanol–water partition coefficient (Wildman–Crippen LogP) is 1.25. The maximum absolute atomic E-state index is 9.63. The summed E-state index contributed by atoms with van der Waals surface area (Å²) in [6, 6.07) is 0. The van der Waals surface area contributed by atoms with Crippen LogP contribution in [0.25, 0.3) is 0 Å². The first-order valence-corrected chi connectivity index (χ1v) is 5.21. The molecule has 0 radical (unpaired) electrons. The minimum atomic E-state index is 0.0811. The zero-order chi connectivity index (χ0) is 6.88. The van der Waals surface area contributed by atoms with Crippen LogP contribution in [0.4, 0.5) is 0 Å². The highest BCUT2D eigenvalue weighted by molar-refractivity contribution is 9.09. The molecule has 4 aliphatic rings. The summed E-state index contributed by atoms with van der Waals surface area (Å²) < 4.78 is 0. The molecule has 56 valence electrons. The Bertz CT molecular complexity index is 182. The molecule has 0 aromatic rings. The summed E-state index contributed by atoms with van der Waals surface area (Å²) in [6.07, 6.45) is 1.41. The summed E-state index contributed by atoms with van der Waals surface area (Å²) in [5.41, 5.74) is 0. The van der Waals surface area contributed by atoms with Crippen molar-refractivity contribution in [1.29, 1.82) is 0 Å². The third kappa shape index (κ3) is 0.444. The molecule has 0 heterocycles. The van der Waals surface area contributed by atoms with Crippen molar-refractivity contribution in [2.24, 2.45) is 29.6 Å². The zero-order valence-electron chi connectivity index (χ0n) is 5.70. The van der Waals surface area contributed by atoms with Gasteiger partial charge in [-0.15, -0.1) is 0 Å². The van der Waals surface area contributed by atoms with Crippen molar-refractivity contribution in [1.82, 2.24) is 0 Å². The number of alkyl halides is 1. The summed E-state index contributed by atoms with van der Waals surface area (Å²) >= 11 is 3.53. The van der Waals surface area contributed by atoms with Gasteiger partial charge in [-0.05, 0) is 36.0 Å². The quantitative estimate of drug-likeness (QED) is 0.636. The third-order valence-corrected chi connectivity index (χ3v) is 4.64. The molecule has 0 aliphatic heterocycles. The third-order valence-electron chi connectivity index (χ3n) is 3.89. The van der Waals surface area contributed by atoms with Crippen LogP contribution in [0.3, 0.4) is 0 Å². The Labute approximate surface area is 68.9 Å². The van der Waals surface area contributed by atoms with E-state index >= 15 is 0 Å². The Morgan fingerprint density at radius 3 is 2.30 bits per heavy atom. The van der Waals surface area contributed by atoms with Crippen LogP contribution >= 0.6 is 15.9 Å². The van der Waals surface area contributed by atoms with E-state index in [1.165, 1.54) is 6.42 Å². The smallest absolute Gasteiger partial charge is 0.0605 e. The average molecular weight is 203 g/mol. The van der Waals surface area contributed by atoms with Gasteiger partial charge in [-0.2, -0.15) is 0 Å². The first-order valence-electron chi connectivity index (χ1n) is 4.08. The van der Waals surface area contributed by atoms with Crippen molar-refractivity contribution in [3.8, 4) is 0 Å².